The smallest absolute Gasteiger partial charge is 0.148 e. The van der Waals surface area contributed by atoms with Crippen LogP contribution in [-0.4, -0.2) is 28.1 Å². The van der Waals surface area contributed by atoms with E-state index < -0.39 is 0 Å². The third kappa shape index (κ3) is 1.67. The minimum Gasteiger partial charge on any atom is -0.315 e. The van der Waals surface area contributed by atoms with E-state index in [4.69, 9.17) is 0 Å². The highest BCUT2D eigenvalue weighted by Gasteiger charge is 2.15. The van der Waals surface area contributed by atoms with Crippen LogP contribution in [0.2, 0.25) is 0 Å². The van der Waals surface area contributed by atoms with Crippen molar-refractivity contribution >= 4 is 15.9 Å². The third-order valence-corrected chi connectivity index (χ3v) is 2.49. The SMILES string of the molecule is Brc1cn(C2CCCNC2)nn1. The molecule has 2 heterocycles. The second-order valence-corrected chi connectivity index (χ2v) is 3.83. The summed E-state index contributed by atoms with van der Waals surface area (Å²) in [6.07, 6.45) is 4.35. The van der Waals surface area contributed by atoms with Gasteiger partial charge in [-0.1, -0.05) is 5.21 Å². The first-order chi connectivity index (χ1) is 5.86. The average molecular weight is 231 g/mol. The summed E-state index contributed by atoms with van der Waals surface area (Å²) in [5.74, 6) is 0. The first kappa shape index (κ1) is 8.19. The van der Waals surface area contributed by atoms with Gasteiger partial charge in [0.15, 0.2) is 0 Å². The van der Waals surface area contributed by atoms with Gasteiger partial charge in [-0.25, -0.2) is 4.68 Å². The summed E-state index contributed by atoms with van der Waals surface area (Å²) in [5.41, 5.74) is 0. The lowest BCUT2D eigenvalue weighted by Gasteiger charge is -2.22. The van der Waals surface area contributed by atoms with E-state index in [9.17, 15) is 0 Å². The van der Waals surface area contributed by atoms with Crippen LogP contribution >= 0.6 is 15.9 Å². The highest BCUT2D eigenvalue weighted by Crippen LogP contribution is 2.16. The molecule has 0 spiro atoms. The summed E-state index contributed by atoms with van der Waals surface area (Å²) < 4.78 is 2.74. The van der Waals surface area contributed by atoms with Crippen molar-refractivity contribution in [3.8, 4) is 0 Å². The molecule has 1 fully saturated rings. The van der Waals surface area contributed by atoms with Crippen molar-refractivity contribution in [3.63, 3.8) is 0 Å². The molecule has 66 valence electrons. The zero-order valence-electron chi connectivity index (χ0n) is 6.70. The molecule has 1 aliphatic heterocycles. The van der Waals surface area contributed by atoms with E-state index in [1.165, 1.54) is 12.8 Å². The molecule has 0 aromatic carbocycles. The van der Waals surface area contributed by atoms with Gasteiger partial charge >= 0.3 is 0 Å². The molecule has 12 heavy (non-hydrogen) atoms. The van der Waals surface area contributed by atoms with Crippen molar-refractivity contribution < 1.29 is 0 Å². The first-order valence-corrected chi connectivity index (χ1v) is 4.93. The Morgan fingerprint density at radius 3 is 3.17 bits per heavy atom. The van der Waals surface area contributed by atoms with Crippen LogP contribution in [0.25, 0.3) is 0 Å². The van der Waals surface area contributed by atoms with Gasteiger partial charge in [-0.3, -0.25) is 0 Å². The maximum atomic E-state index is 4.02. The van der Waals surface area contributed by atoms with Crippen LogP contribution in [-0.2, 0) is 0 Å². The van der Waals surface area contributed by atoms with Gasteiger partial charge in [0.2, 0.25) is 0 Å². The van der Waals surface area contributed by atoms with E-state index in [2.05, 4.69) is 31.6 Å². The second kappa shape index (κ2) is 3.53. The van der Waals surface area contributed by atoms with E-state index in [1.807, 2.05) is 10.9 Å². The Bertz CT molecular complexity index is 254. The van der Waals surface area contributed by atoms with Crippen LogP contribution in [0.5, 0.6) is 0 Å². The number of rotatable bonds is 1. The van der Waals surface area contributed by atoms with E-state index in [1.54, 1.807) is 0 Å². The Labute approximate surface area is 79.5 Å². The van der Waals surface area contributed by atoms with Crippen LogP contribution < -0.4 is 5.32 Å². The quantitative estimate of drug-likeness (QED) is 0.782. The number of hydrogen-bond donors (Lipinski definition) is 1. The average Bonchev–Trinajstić information content (AvgIpc) is 2.54. The lowest BCUT2D eigenvalue weighted by atomic mass is 10.1. The van der Waals surface area contributed by atoms with Crippen LogP contribution in [0.15, 0.2) is 10.8 Å². The molecule has 0 radical (unpaired) electrons. The maximum absolute atomic E-state index is 4.02. The van der Waals surface area contributed by atoms with Gasteiger partial charge in [-0.15, -0.1) is 5.10 Å². The van der Waals surface area contributed by atoms with Gasteiger partial charge < -0.3 is 5.32 Å². The number of nitrogens with one attached hydrogen (secondary N) is 1. The molecule has 1 aliphatic rings. The minimum atomic E-state index is 0.484. The molecule has 1 aromatic rings. The Hall–Kier alpha value is -0.420. The Morgan fingerprint density at radius 2 is 2.58 bits per heavy atom. The molecule has 1 atom stereocenters. The highest BCUT2D eigenvalue weighted by molar-refractivity contribution is 9.10. The number of piperidine rings is 1. The monoisotopic (exact) mass is 230 g/mol. The van der Waals surface area contributed by atoms with Crippen molar-refractivity contribution in [2.75, 3.05) is 13.1 Å². The summed E-state index contributed by atoms with van der Waals surface area (Å²) in [6, 6.07) is 0.484. The van der Waals surface area contributed by atoms with E-state index in [0.717, 1.165) is 17.7 Å². The van der Waals surface area contributed by atoms with Gasteiger partial charge in [0.25, 0.3) is 0 Å². The van der Waals surface area contributed by atoms with Gasteiger partial charge in [0, 0.05) is 6.54 Å². The summed E-state index contributed by atoms with van der Waals surface area (Å²) >= 11 is 3.28. The number of halogens is 1. The fraction of sp³-hybridized carbons (Fsp3) is 0.714. The van der Waals surface area contributed by atoms with Crippen molar-refractivity contribution in [2.24, 2.45) is 0 Å². The Kier molecular flexibility index (Phi) is 2.41. The first-order valence-electron chi connectivity index (χ1n) is 4.14. The molecule has 0 aliphatic carbocycles. The molecule has 1 unspecified atom stereocenters. The van der Waals surface area contributed by atoms with E-state index >= 15 is 0 Å². The summed E-state index contributed by atoms with van der Waals surface area (Å²) in [6.45, 7) is 2.14. The van der Waals surface area contributed by atoms with Crippen molar-refractivity contribution in [1.29, 1.82) is 0 Å². The van der Waals surface area contributed by atoms with Crippen molar-refractivity contribution in [3.05, 3.63) is 10.8 Å². The van der Waals surface area contributed by atoms with Crippen molar-refractivity contribution in [2.45, 2.75) is 18.9 Å². The molecule has 2 rings (SSSR count). The summed E-state index contributed by atoms with van der Waals surface area (Å²) in [7, 11) is 0. The van der Waals surface area contributed by atoms with Gasteiger partial charge in [-0.05, 0) is 35.3 Å². The van der Waals surface area contributed by atoms with Crippen LogP contribution in [0.3, 0.4) is 0 Å². The molecule has 1 N–H and O–H groups in total. The topological polar surface area (TPSA) is 42.7 Å². The van der Waals surface area contributed by atoms with Gasteiger partial charge in [-0.2, -0.15) is 0 Å². The number of aromatic nitrogens is 3. The zero-order valence-corrected chi connectivity index (χ0v) is 8.29. The van der Waals surface area contributed by atoms with Crippen molar-refractivity contribution in [1.82, 2.24) is 20.3 Å². The minimum absolute atomic E-state index is 0.484. The van der Waals surface area contributed by atoms with Crippen LogP contribution in [0.4, 0.5) is 0 Å². The summed E-state index contributed by atoms with van der Waals surface area (Å²) in [4.78, 5) is 0. The molecule has 4 nitrogen and oxygen atoms in total. The molecule has 0 bridgehead atoms. The number of nitrogens with zero attached hydrogens (tertiary/aromatic N) is 3. The van der Waals surface area contributed by atoms with E-state index in [-0.39, 0.29) is 0 Å². The van der Waals surface area contributed by atoms with Crippen LogP contribution in [0.1, 0.15) is 18.9 Å². The summed E-state index contributed by atoms with van der Waals surface area (Å²) in [5, 5.41) is 11.3. The molecule has 5 heteroatoms. The third-order valence-electron chi connectivity index (χ3n) is 2.13. The van der Waals surface area contributed by atoms with Gasteiger partial charge in [0.1, 0.15) is 4.60 Å². The largest absolute Gasteiger partial charge is 0.315 e. The molecule has 1 saturated heterocycles. The van der Waals surface area contributed by atoms with Crippen LogP contribution in [0, 0.1) is 0 Å². The Balaban J connectivity index is 2.08. The fourth-order valence-corrected chi connectivity index (χ4v) is 1.77. The highest BCUT2D eigenvalue weighted by atomic mass is 79.9. The fourth-order valence-electron chi connectivity index (χ4n) is 1.49. The van der Waals surface area contributed by atoms with Gasteiger partial charge in [0.05, 0.1) is 12.2 Å². The standard InChI is InChI=1S/C7H11BrN4/c8-7-5-12(11-10-7)6-2-1-3-9-4-6/h5-6,9H,1-4H2. The molecule has 1 aromatic heterocycles. The molecular formula is C7H11BrN4. The molecular weight excluding hydrogens is 220 g/mol. The maximum Gasteiger partial charge on any atom is 0.148 e. The lowest BCUT2D eigenvalue weighted by molar-refractivity contribution is 0.341. The zero-order chi connectivity index (χ0) is 8.39. The Morgan fingerprint density at radius 1 is 1.67 bits per heavy atom. The second-order valence-electron chi connectivity index (χ2n) is 3.02. The predicted molar refractivity (Wildman–Crippen MR) is 48.9 cm³/mol. The normalized spacial score (nSPS) is 24.2. The molecule has 0 saturated carbocycles. The van der Waals surface area contributed by atoms with E-state index in [0.29, 0.717) is 6.04 Å². The molecule has 0 amide bonds. The predicted octanol–water partition coefficient (Wildman–Crippen LogP) is 0.965. The lowest BCUT2D eigenvalue weighted by Crippen LogP contribution is -2.31. The number of hydrogen-bond acceptors (Lipinski definition) is 3.